The topological polar surface area (TPSA) is 79.5 Å². The zero-order valence-corrected chi connectivity index (χ0v) is 13.1. The smallest absolute Gasteiger partial charge is 0.254 e. The molecule has 0 atom stereocenters. The third-order valence-electron chi connectivity index (χ3n) is 3.15. The van der Waals surface area contributed by atoms with Gasteiger partial charge in [0.25, 0.3) is 5.91 Å². The van der Waals surface area contributed by atoms with Gasteiger partial charge in [0, 0.05) is 26.2 Å². The molecule has 7 heteroatoms. The number of anilines is 1. The van der Waals surface area contributed by atoms with Gasteiger partial charge in [0.05, 0.1) is 16.8 Å². The van der Waals surface area contributed by atoms with Gasteiger partial charge >= 0.3 is 0 Å². The predicted octanol–water partition coefficient (Wildman–Crippen LogP) is 1.43. The summed E-state index contributed by atoms with van der Waals surface area (Å²) in [6.45, 7) is 2.40. The number of thiazole rings is 1. The Hall–Kier alpha value is -2.15. The lowest BCUT2D eigenvalue weighted by Gasteiger charge is -2.22. The van der Waals surface area contributed by atoms with Crippen LogP contribution in [0, 0.1) is 0 Å². The summed E-state index contributed by atoms with van der Waals surface area (Å²) in [4.78, 5) is 31.4. The number of rotatable bonds is 4. The largest absolute Gasteiger partial charge is 0.375 e. The van der Waals surface area contributed by atoms with Gasteiger partial charge in [-0.2, -0.15) is 0 Å². The van der Waals surface area contributed by atoms with E-state index < -0.39 is 0 Å². The fourth-order valence-corrected chi connectivity index (χ4v) is 2.66. The van der Waals surface area contributed by atoms with Gasteiger partial charge in [-0.1, -0.05) is 11.3 Å². The van der Waals surface area contributed by atoms with Crippen LogP contribution in [0.1, 0.15) is 17.3 Å². The molecule has 0 aliphatic heterocycles. The van der Waals surface area contributed by atoms with E-state index in [1.165, 1.54) is 21.1 Å². The molecule has 0 unspecified atom stereocenters. The van der Waals surface area contributed by atoms with Crippen molar-refractivity contribution in [3.8, 4) is 0 Å². The highest BCUT2D eigenvalue weighted by atomic mass is 32.1. The number of hydrogen-bond acceptors (Lipinski definition) is 5. The first-order valence-electron chi connectivity index (χ1n) is 6.58. The molecule has 6 nitrogen and oxygen atoms in total. The van der Waals surface area contributed by atoms with Crippen molar-refractivity contribution in [1.29, 1.82) is 0 Å². The van der Waals surface area contributed by atoms with Crippen molar-refractivity contribution in [2.45, 2.75) is 6.92 Å². The van der Waals surface area contributed by atoms with Crippen LogP contribution in [-0.2, 0) is 4.79 Å². The average molecular weight is 306 g/mol. The standard InChI is InChI=1S/C14H18N4O2S/c1-4-18(8-12(19)17(2)3)13(20)9-5-6-10-11(7-9)21-14(15)16-10/h5-7H,4,8H2,1-3H3,(H2,15,16). The average Bonchev–Trinajstić information content (AvgIpc) is 2.82. The Morgan fingerprint density at radius 1 is 1.33 bits per heavy atom. The zero-order valence-electron chi connectivity index (χ0n) is 12.3. The molecule has 0 bridgehead atoms. The molecule has 0 aliphatic carbocycles. The first kappa shape index (κ1) is 15.2. The molecule has 2 amide bonds. The molecular weight excluding hydrogens is 288 g/mol. The van der Waals surface area contributed by atoms with Gasteiger partial charge in [0.15, 0.2) is 5.13 Å². The van der Waals surface area contributed by atoms with Crippen molar-refractivity contribution in [1.82, 2.24) is 14.8 Å². The SMILES string of the molecule is CCN(CC(=O)N(C)C)C(=O)c1ccc2nc(N)sc2c1. The summed E-state index contributed by atoms with van der Waals surface area (Å²) >= 11 is 1.34. The Morgan fingerprint density at radius 2 is 2.05 bits per heavy atom. The van der Waals surface area contributed by atoms with Crippen LogP contribution in [0.15, 0.2) is 18.2 Å². The van der Waals surface area contributed by atoms with Crippen LogP contribution in [0.5, 0.6) is 0 Å². The van der Waals surface area contributed by atoms with E-state index >= 15 is 0 Å². The van der Waals surface area contributed by atoms with Gasteiger partial charge in [-0.05, 0) is 25.1 Å². The van der Waals surface area contributed by atoms with Gasteiger partial charge in [-0.15, -0.1) is 0 Å². The van der Waals surface area contributed by atoms with Crippen LogP contribution < -0.4 is 5.73 Å². The minimum absolute atomic E-state index is 0.0746. The number of carbonyl (C=O) groups is 2. The molecule has 21 heavy (non-hydrogen) atoms. The van der Waals surface area contributed by atoms with E-state index in [2.05, 4.69) is 4.98 Å². The van der Waals surface area contributed by atoms with Gasteiger partial charge in [-0.25, -0.2) is 4.98 Å². The minimum Gasteiger partial charge on any atom is -0.375 e. The second-order valence-corrected chi connectivity index (χ2v) is 5.90. The van der Waals surface area contributed by atoms with Gasteiger partial charge in [0.2, 0.25) is 5.91 Å². The number of likely N-dealkylation sites (N-methyl/N-ethyl adjacent to an activating group) is 2. The van der Waals surface area contributed by atoms with Crippen molar-refractivity contribution >= 4 is 38.5 Å². The molecule has 1 aromatic heterocycles. The predicted molar refractivity (Wildman–Crippen MR) is 84.3 cm³/mol. The molecule has 0 saturated heterocycles. The maximum Gasteiger partial charge on any atom is 0.254 e. The number of nitrogens with two attached hydrogens (primary N) is 1. The lowest BCUT2D eigenvalue weighted by atomic mass is 10.2. The maximum atomic E-state index is 12.5. The summed E-state index contributed by atoms with van der Waals surface area (Å²) in [5.74, 6) is -0.269. The summed E-state index contributed by atoms with van der Waals surface area (Å²) in [7, 11) is 3.35. The number of benzene rings is 1. The summed E-state index contributed by atoms with van der Waals surface area (Å²) in [5.41, 5.74) is 6.98. The quantitative estimate of drug-likeness (QED) is 0.926. The van der Waals surface area contributed by atoms with E-state index in [-0.39, 0.29) is 18.4 Å². The van der Waals surface area contributed by atoms with Crippen LogP contribution in [0.3, 0.4) is 0 Å². The van der Waals surface area contributed by atoms with E-state index in [1.54, 1.807) is 32.3 Å². The highest BCUT2D eigenvalue weighted by Gasteiger charge is 2.19. The fourth-order valence-electron chi connectivity index (χ4n) is 1.89. The summed E-state index contributed by atoms with van der Waals surface area (Å²) in [5, 5.41) is 0.477. The molecule has 0 spiro atoms. The monoisotopic (exact) mass is 306 g/mol. The van der Waals surface area contributed by atoms with Crippen LogP contribution in [0.4, 0.5) is 5.13 Å². The number of nitrogen functional groups attached to an aromatic ring is 1. The Bertz CT molecular complexity index is 681. The van der Waals surface area contributed by atoms with Crippen LogP contribution in [-0.4, -0.2) is 53.8 Å². The zero-order chi connectivity index (χ0) is 15.6. The lowest BCUT2D eigenvalue weighted by Crippen LogP contribution is -2.40. The van der Waals surface area contributed by atoms with Crippen LogP contribution in [0.25, 0.3) is 10.2 Å². The molecule has 1 aromatic carbocycles. The highest BCUT2D eigenvalue weighted by molar-refractivity contribution is 7.22. The van der Waals surface area contributed by atoms with Crippen molar-refractivity contribution in [2.24, 2.45) is 0 Å². The normalized spacial score (nSPS) is 10.6. The van der Waals surface area contributed by atoms with E-state index in [4.69, 9.17) is 5.73 Å². The van der Waals surface area contributed by atoms with Gasteiger partial charge in [-0.3, -0.25) is 9.59 Å². The molecule has 112 valence electrons. The molecule has 2 N–H and O–H groups in total. The van der Waals surface area contributed by atoms with E-state index in [0.717, 1.165) is 10.2 Å². The number of nitrogens with zero attached hydrogens (tertiary/aromatic N) is 3. The number of carbonyl (C=O) groups excluding carboxylic acids is 2. The number of fused-ring (bicyclic) bond motifs is 1. The molecule has 0 fully saturated rings. The Balaban J connectivity index is 2.24. The second-order valence-electron chi connectivity index (χ2n) is 4.84. The number of amides is 2. The Labute approximate surface area is 127 Å². The molecule has 2 aromatic rings. The number of hydrogen-bond donors (Lipinski definition) is 1. The maximum absolute atomic E-state index is 12.5. The van der Waals surface area contributed by atoms with Crippen molar-refractivity contribution in [3.05, 3.63) is 23.8 Å². The molecule has 1 heterocycles. The van der Waals surface area contributed by atoms with Crippen molar-refractivity contribution < 1.29 is 9.59 Å². The Kier molecular flexibility index (Phi) is 4.42. The molecule has 0 saturated carbocycles. The van der Waals surface area contributed by atoms with E-state index in [9.17, 15) is 9.59 Å². The summed E-state index contributed by atoms with van der Waals surface area (Å²) in [6, 6.07) is 5.26. The Morgan fingerprint density at radius 3 is 2.67 bits per heavy atom. The molecule has 0 aliphatic rings. The molecule has 0 radical (unpaired) electrons. The number of aromatic nitrogens is 1. The lowest BCUT2D eigenvalue weighted by molar-refractivity contribution is -0.129. The van der Waals surface area contributed by atoms with Crippen molar-refractivity contribution in [3.63, 3.8) is 0 Å². The van der Waals surface area contributed by atoms with Crippen molar-refractivity contribution in [2.75, 3.05) is 32.9 Å². The summed E-state index contributed by atoms with van der Waals surface area (Å²) in [6.07, 6.45) is 0. The van der Waals surface area contributed by atoms with Gasteiger partial charge < -0.3 is 15.5 Å². The third-order valence-corrected chi connectivity index (χ3v) is 3.99. The van der Waals surface area contributed by atoms with Crippen LogP contribution in [0.2, 0.25) is 0 Å². The second kappa shape index (κ2) is 6.09. The highest BCUT2D eigenvalue weighted by Crippen LogP contribution is 2.25. The fraction of sp³-hybridized carbons (Fsp3) is 0.357. The molecule has 2 rings (SSSR count). The van der Waals surface area contributed by atoms with Crippen LogP contribution >= 0.6 is 11.3 Å². The minimum atomic E-state index is -0.165. The molecular formula is C14H18N4O2S. The third kappa shape index (κ3) is 3.30. The first-order chi connectivity index (χ1) is 9.92. The van der Waals surface area contributed by atoms with E-state index in [1.807, 2.05) is 6.92 Å². The van der Waals surface area contributed by atoms with E-state index in [0.29, 0.717) is 17.2 Å². The summed E-state index contributed by atoms with van der Waals surface area (Å²) < 4.78 is 0.869. The first-order valence-corrected chi connectivity index (χ1v) is 7.39. The van der Waals surface area contributed by atoms with Gasteiger partial charge in [0.1, 0.15) is 0 Å².